The molecule has 31 heavy (non-hydrogen) atoms. The number of fused-ring (bicyclic) bond motifs is 1. The summed E-state index contributed by atoms with van der Waals surface area (Å²) < 4.78 is 21.7. The van der Waals surface area contributed by atoms with Crippen LogP contribution in [0.25, 0.3) is 10.9 Å². The monoisotopic (exact) mass is 431 g/mol. The van der Waals surface area contributed by atoms with Crippen LogP contribution >= 0.6 is 0 Å². The molecule has 0 bridgehead atoms. The maximum atomic E-state index is 15.2. The van der Waals surface area contributed by atoms with Gasteiger partial charge >= 0.3 is 6.16 Å². The number of pyridine rings is 1. The molecule has 0 radical (unpaired) electrons. The quantitative estimate of drug-likeness (QED) is 0.728. The number of ether oxygens (including phenoxy) is 1. The Morgan fingerprint density at radius 3 is 2.52 bits per heavy atom. The molecule has 2 aliphatic rings. The van der Waals surface area contributed by atoms with Crippen molar-refractivity contribution in [3.8, 4) is 5.75 Å². The molecular formula is C22H26FN3O5. The van der Waals surface area contributed by atoms with Gasteiger partial charge in [-0.05, 0) is 45.7 Å². The van der Waals surface area contributed by atoms with Crippen molar-refractivity contribution in [3.63, 3.8) is 0 Å². The van der Waals surface area contributed by atoms with Crippen molar-refractivity contribution < 1.29 is 23.8 Å². The molecule has 1 N–H and O–H groups in total. The standard InChI is InChI=1S/C22H26FN3O5/c1-12-9-25(13(2)8-24(12)10-14(3)27)19-7-18-16(6-17(19)23)21(28)20(31-22(29)30)11-26(18)15-4-5-15/h6-7,11-13,15H,4-5,8-10H2,1-3H3,(H,29,30). The van der Waals surface area contributed by atoms with Crippen molar-refractivity contribution in [2.75, 3.05) is 24.5 Å². The highest BCUT2D eigenvalue weighted by Gasteiger charge is 2.32. The Bertz CT molecular complexity index is 1110. The molecule has 0 amide bonds. The van der Waals surface area contributed by atoms with Gasteiger partial charge in [0.2, 0.25) is 5.43 Å². The summed E-state index contributed by atoms with van der Waals surface area (Å²) in [6.07, 6.45) is 1.62. The largest absolute Gasteiger partial charge is 0.511 e. The van der Waals surface area contributed by atoms with Crippen LogP contribution in [-0.2, 0) is 4.79 Å². The molecule has 1 saturated heterocycles. The predicted molar refractivity (Wildman–Crippen MR) is 114 cm³/mol. The molecule has 1 aliphatic carbocycles. The lowest BCUT2D eigenvalue weighted by atomic mass is 10.0. The van der Waals surface area contributed by atoms with Crippen molar-refractivity contribution >= 4 is 28.5 Å². The molecule has 1 aromatic heterocycles. The van der Waals surface area contributed by atoms with Gasteiger partial charge in [0.25, 0.3) is 0 Å². The first-order valence-corrected chi connectivity index (χ1v) is 10.4. The van der Waals surface area contributed by atoms with Crippen LogP contribution in [0.15, 0.2) is 23.1 Å². The number of carbonyl (C=O) groups is 2. The number of hydrogen-bond donors (Lipinski definition) is 1. The molecule has 2 fully saturated rings. The van der Waals surface area contributed by atoms with Crippen LogP contribution < -0.4 is 15.1 Å². The zero-order valence-corrected chi connectivity index (χ0v) is 17.8. The second-order valence-electron chi connectivity index (χ2n) is 8.63. The number of benzene rings is 1. The minimum absolute atomic E-state index is 0.0294. The lowest BCUT2D eigenvalue weighted by molar-refractivity contribution is -0.118. The summed E-state index contributed by atoms with van der Waals surface area (Å²) >= 11 is 0. The number of halogens is 1. The highest BCUT2D eigenvalue weighted by Crippen LogP contribution is 2.39. The molecule has 9 heteroatoms. The summed E-state index contributed by atoms with van der Waals surface area (Å²) in [5, 5.41) is 9.03. The molecule has 1 aromatic carbocycles. The topological polar surface area (TPSA) is 92.1 Å². The lowest BCUT2D eigenvalue weighted by Crippen LogP contribution is -2.57. The van der Waals surface area contributed by atoms with Gasteiger partial charge in [-0.25, -0.2) is 9.18 Å². The third-order valence-electron chi connectivity index (χ3n) is 6.06. The van der Waals surface area contributed by atoms with Crippen molar-refractivity contribution in [2.24, 2.45) is 0 Å². The highest BCUT2D eigenvalue weighted by molar-refractivity contribution is 5.85. The maximum Gasteiger partial charge on any atom is 0.511 e. The SMILES string of the molecule is CC(=O)CN1CC(C)N(c2cc3c(cc2F)c(=O)c(OC(=O)O)cn3C2CC2)CC1C. The van der Waals surface area contributed by atoms with E-state index in [9.17, 15) is 14.4 Å². The third kappa shape index (κ3) is 4.14. The predicted octanol–water partition coefficient (Wildman–Crippen LogP) is 3.02. The van der Waals surface area contributed by atoms with Crippen LogP contribution in [-0.4, -0.2) is 58.2 Å². The van der Waals surface area contributed by atoms with Crippen LogP contribution in [0.2, 0.25) is 0 Å². The molecule has 2 heterocycles. The molecular weight excluding hydrogens is 405 g/mol. The van der Waals surface area contributed by atoms with Gasteiger partial charge in [-0.3, -0.25) is 14.5 Å². The van der Waals surface area contributed by atoms with E-state index in [0.29, 0.717) is 30.8 Å². The zero-order valence-electron chi connectivity index (χ0n) is 17.8. The number of anilines is 1. The Morgan fingerprint density at radius 1 is 1.19 bits per heavy atom. The molecule has 4 rings (SSSR count). The van der Waals surface area contributed by atoms with E-state index in [2.05, 4.69) is 9.64 Å². The maximum absolute atomic E-state index is 15.2. The fourth-order valence-corrected chi connectivity index (χ4v) is 4.42. The van der Waals surface area contributed by atoms with Gasteiger partial charge < -0.3 is 19.3 Å². The van der Waals surface area contributed by atoms with E-state index in [0.717, 1.165) is 12.8 Å². The van der Waals surface area contributed by atoms with Gasteiger partial charge in [-0.2, -0.15) is 0 Å². The number of carbonyl (C=O) groups excluding carboxylic acids is 1. The second-order valence-corrected chi connectivity index (χ2v) is 8.63. The van der Waals surface area contributed by atoms with Crippen LogP contribution in [0.4, 0.5) is 14.9 Å². The van der Waals surface area contributed by atoms with Crippen molar-refractivity contribution in [3.05, 3.63) is 34.4 Å². The summed E-state index contributed by atoms with van der Waals surface area (Å²) in [7, 11) is 0. The van der Waals surface area contributed by atoms with Gasteiger partial charge in [-0.15, -0.1) is 0 Å². The number of Topliss-reactive ketones (excluding diaryl/α,β-unsaturated/α-hetero) is 1. The van der Waals surface area contributed by atoms with Gasteiger partial charge in [0.15, 0.2) is 5.75 Å². The smallest absolute Gasteiger partial charge is 0.449 e. The average Bonchev–Trinajstić information content (AvgIpc) is 3.51. The number of carboxylic acid groups (broad SMARTS) is 1. The summed E-state index contributed by atoms with van der Waals surface area (Å²) in [4.78, 5) is 39.3. The first kappa shape index (κ1) is 21.3. The van der Waals surface area contributed by atoms with E-state index in [1.54, 1.807) is 13.0 Å². The Balaban J connectivity index is 1.77. The van der Waals surface area contributed by atoms with Gasteiger partial charge in [0, 0.05) is 31.2 Å². The summed E-state index contributed by atoms with van der Waals surface area (Å²) in [6, 6.07) is 3.02. The van der Waals surface area contributed by atoms with Crippen LogP contribution in [0.5, 0.6) is 5.75 Å². The van der Waals surface area contributed by atoms with Crippen LogP contribution in [0.1, 0.15) is 39.7 Å². The second kappa shape index (κ2) is 7.96. The van der Waals surface area contributed by atoms with Crippen LogP contribution in [0, 0.1) is 5.82 Å². The first-order chi connectivity index (χ1) is 14.7. The zero-order chi connectivity index (χ0) is 22.4. The Labute approximate surface area is 178 Å². The number of ketones is 1. The van der Waals surface area contributed by atoms with Gasteiger partial charge in [-0.1, -0.05) is 0 Å². The number of nitrogens with zero attached hydrogens (tertiary/aromatic N) is 3. The van der Waals surface area contributed by atoms with E-state index in [1.807, 2.05) is 23.3 Å². The molecule has 1 aliphatic heterocycles. The van der Waals surface area contributed by atoms with Crippen molar-refractivity contribution in [1.29, 1.82) is 0 Å². The molecule has 2 atom stereocenters. The van der Waals surface area contributed by atoms with Crippen molar-refractivity contribution in [2.45, 2.75) is 51.7 Å². The Hall–Kier alpha value is -2.94. The number of piperazine rings is 1. The third-order valence-corrected chi connectivity index (χ3v) is 6.06. The van der Waals surface area contributed by atoms with Gasteiger partial charge in [0.05, 0.1) is 29.3 Å². The van der Waals surface area contributed by atoms with E-state index in [-0.39, 0.29) is 35.0 Å². The molecule has 0 spiro atoms. The molecule has 8 nitrogen and oxygen atoms in total. The molecule has 166 valence electrons. The minimum atomic E-state index is -1.58. The minimum Gasteiger partial charge on any atom is -0.449 e. The van der Waals surface area contributed by atoms with Crippen LogP contribution in [0.3, 0.4) is 0 Å². The average molecular weight is 431 g/mol. The molecule has 2 aromatic rings. The fraction of sp³-hybridized carbons (Fsp3) is 0.500. The highest BCUT2D eigenvalue weighted by atomic mass is 19.1. The number of rotatable bonds is 5. The fourth-order valence-electron chi connectivity index (χ4n) is 4.42. The summed E-state index contributed by atoms with van der Waals surface area (Å²) in [6.45, 7) is 7.10. The first-order valence-electron chi connectivity index (χ1n) is 10.4. The van der Waals surface area contributed by atoms with E-state index >= 15 is 4.39 Å². The van der Waals surface area contributed by atoms with Crippen molar-refractivity contribution in [1.82, 2.24) is 9.47 Å². The normalized spacial score (nSPS) is 22.0. The van der Waals surface area contributed by atoms with Gasteiger partial charge in [0.1, 0.15) is 11.6 Å². The van der Waals surface area contributed by atoms with E-state index in [4.69, 9.17) is 5.11 Å². The summed E-state index contributed by atoms with van der Waals surface area (Å²) in [5.74, 6) is -0.769. The summed E-state index contributed by atoms with van der Waals surface area (Å²) in [5.41, 5.74) is 0.315. The Morgan fingerprint density at radius 2 is 1.90 bits per heavy atom. The Kier molecular flexibility index (Phi) is 5.47. The lowest BCUT2D eigenvalue weighted by Gasteiger charge is -2.45. The molecule has 1 saturated carbocycles. The van der Waals surface area contributed by atoms with E-state index < -0.39 is 17.4 Å². The number of aromatic nitrogens is 1. The number of hydrogen-bond acceptors (Lipinski definition) is 6. The van der Waals surface area contributed by atoms with E-state index in [1.165, 1.54) is 12.3 Å². The molecule has 2 unspecified atom stereocenters.